The van der Waals surface area contributed by atoms with Crippen molar-refractivity contribution < 1.29 is 4.21 Å². The number of benzene rings is 5. The van der Waals surface area contributed by atoms with Gasteiger partial charge in [0.2, 0.25) is 0 Å². The fourth-order valence-corrected chi connectivity index (χ4v) is 7.75. The molecule has 4 heteroatoms. The van der Waals surface area contributed by atoms with Crippen LogP contribution in [-0.4, -0.2) is 10.0 Å². The molecule has 0 aromatic heterocycles. The van der Waals surface area contributed by atoms with Crippen molar-refractivity contribution in [1.29, 1.82) is 0 Å². The van der Waals surface area contributed by atoms with Gasteiger partial charge in [0.05, 0.1) is 15.5 Å². The van der Waals surface area contributed by atoms with E-state index in [1.54, 1.807) is 0 Å². The van der Waals surface area contributed by atoms with E-state index in [9.17, 15) is 4.21 Å². The van der Waals surface area contributed by atoms with Crippen LogP contribution in [0.15, 0.2) is 140 Å². The molecule has 0 saturated carbocycles. The first-order chi connectivity index (χ1) is 18.4. The topological polar surface area (TPSA) is 41.8 Å². The van der Waals surface area contributed by atoms with Crippen molar-refractivity contribution in [3.8, 4) is 22.3 Å². The fraction of sp³-hybridized carbons (Fsp3) is 0.0882. The van der Waals surface area contributed by atoms with E-state index < -0.39 is 9.73 Å². The number of para-hydroxylation sites is 1. The zero-order valence-corrected chi connectivity index (χ0v) is 22.1. The lowest BCUT2D eigenvalue weighted by Gasteiger charge is -2.22. The van der Waals surface area contributed by atoms with E-state index in [1.807, 2.05) is 66.7 Å². The molecule has 0 spiro atoms. The van der Waals surface area contributed by atoms with Gasteiger partial charge < -0.3 is 0 Å². The average molecular weight is 511 g/mol. The fourth-order valence-electron chi connectivity index (χ4n) is 5.71. The third-order valence-electron chi connectivity index (χ3n) is 7.71. The summed E-state index contributed by atoms with van der Waals surface area (Å²) in [4.78, 5) is 6.20. The van der Waals surface area contributed by atoms with Crippen LogP contribution in [0.2, 0.25) is 0 Å². The summed E-state index contributed by atoms with van der Waals surface area (Å²) in [6.45, 7) is 4.59. The number of fused-ring (bicyclic) bond motifs is 4. The summed E-state index contributed by atoms with van der Waals surface area (Å²) < 4.78 is 19.2. The third-order valence-corrected chi connectivity index (χ3v) is 9.99. The first-order valence-corrected chi connectivity index (χ1v) is 14.3. The number of aliphatic imine (C=N–C) groups is 1. The molecule has 7 rings (SSSR count). The molecule has 1 atom stereocenters. The van der Waals surface area contributed by atoms with Crippen LogP contribution in [0.4, 0.5) is 5.69 Å². The Morgan fingerprint density at radius 1 is 0.605 bits per heavy atom. The standard InChI is InChI=1S/C34H26N2OS/c1-34(2)29-16-7-6-15-27(29)28-20-19-24(22-30(28)34)23-11-10-12-25(21-23)33-35-31-17-8-9-18-32(31)38(37,36-33)26-13-4-3-5-14-26/h3-22H,1-2H3. The summed E-state index contributed by atoms with van der Waals surface area (Å²) in [6.07, 6.45) is 0. The second kappa shape index (κ2) is 8.37. The van der Waals surface area contributed by atoms with Gasteiger partial charge in [0.1, 0.15) is 9.73 Å². The van der Waals surface area contributed by atoms with Gasteiger partial charge in [-0.05, 0) is 69.8 Å². The van der Waals surface area contributed by atoms with Crippen LogP contribution in [-0.2, 0) is 15.1 Å². The maximum absolute atomic E-state index is 14.4. The quantitative estimate of drug-likeness (QED) is 0.239. The molecule has 0 radical (unpaired) electrons. The van der Waals surface area contributed by atoms with Gasteiger partial charge in [0.25, 0.3) is 0 Å². The van der Waals surface area contributed by atoms with E-state index in [2.05, 4.69) is 68.4 Å². The lowest BCUT2D eigenvalue weighted by Crippen LogP contribution is -2.14. The molecule has 184 valence electrons. The highest BCUT2D eigenvalue weighted by molar-refractivity contribution is 7.94. The molecule has 1 unspecified atom stereocenters. The summed E-state index contributed by atoms with van der Waals surface area (Å²) >= 11 is 0. The van der Waals surface area contributed by atoms with Gasteiger partial charge in [-0.3, -0.25) is 0 Å². The lowest BCUT2D eigenvalue weighted by atomic mass is 9.81. The van der Waals surface area contributed by atoms with Crippen molar-refractivity contribution in [3.05, 3.63) is 138 Å². The SMILES string of the molecule is CC1(C)c2ccccc2-c2ccc(-c3cccc(C4=Nc5ccccc5S(=O)(c5ccccc5)=N4)c3)cc21. The molecule has 0 amide bonds. The largest absolute Gasteiger partial charge is 0.239 e. The lowest BCUT2D eigenvalue weighted by molar-refractivity contribution is 0.660. The van der Waals surface area contributed by atoms with E-state index in [4.69, 9.17) is 9.36 Å². The van der Waals surface area contributed by atoms with E-state index in [1.165, 1.54) is 22.3 Å². The van der Waals surface area contributed by atoms with Gasteiger partial charge in [-0.25, -0.2) is 9.20 Å². The van der Waals surface area contributed by atoms with Crippen LogP contribution in [0.1, 0.15) is 30.5 Å². The Morgan fingerprint density at radius 3 is 2.16 bits per heavy atom. The summed E-state index contributed by atoms with van der Waals surface area (Å²) in [5, 5.41) is 0. The van der Waals surface area contributed by atoms with Crippen LogP contribution >= 0.6 is 0 Å². The Balaban J connectivity index is 1.35. The highest BCUT2D eigenvalue weighted by Gasteiger charge is 2.35. The Bertz CT molecular complexity index is 1890. The second-order valence-corrected chi connectivity index (χ2v) is 12.5. The molecule has 38 heavy (non-hydrogen) atoms. The minimum Gasteiger partial charge on any atom is -0.239 e. The predicted octanol–water partition coefficient (Wildman–Crippen LogP) is 8.64. The minimum absolute atomic E-state index is 0.0623. The van der Waals surface area contributed by atoms with Gasteiger partial charge in [-0.1, -0.05) is 98.8 Å². The predicted molar refractivity (Wildman–Crippen MR) is 156 cm³/mol. The average Bonchev–Trinajstić information content (AvgIpc) is 3.20. The number of hydrogen-bond donors (Lipinski definition) is 0. The minimum atomic E-state index is -2.86. The van der Waals surface area contributed by atoms with Crippen molar-refractivity contribution >= 4 is 21.3 Å². The van der Waals surface area contributed by atoms with Crippen LogP contribution in [0.3, 0.4) is 0 Å². The molecule has 3 nitrogen and oxygen atoms in total. The highest BCUT2D eigenvalue weighted by Crippen LogP contribution is 2.49. The van der Waals surface area contributed by atoms with Gasteiger partial charge in [-0.15, -0.1) is 0 Å². The Kier molecular flexibility index (Phi) is 5.04. The Morgan fingerprint density at radius 2 is 1.29 bits per heavy atom. The monoisotopic (exact) mass is 510 g/mol. The summed E-state index contributed by atoms with van der Waals surface area (Å²) in [5.41, 5.74) is 9.04. The number of hydrogen-bond acceptors (Lipinski definition) is 3. The molecule has 1 aliphatic heterocycles. The first kappa shape index (κ1) is 22.9. The number of nitrogens with zero attached hydrogens (tertiary/aromatic N) is 2. The van der Waals surface area contributed by atoms with E-state index in [0.717, 1.165) is 16.7 Å². The van der Waals surface area contributed by atoms with E-state index >= 15 is 0 Å². The van der Waals surface area contributed by atoms with Crippen molar-refractivity contribution in [2.45, 2.75) is 29.1 Å². The molecular formula is C34H26N2OS. The molecule has 5 aromatic rings. The van der Waals surface area contributed by atoms with Gasteiger partial charge in [-0.2, -0.15) is 4.36 Å². The summed E-state index contributed by atoms with van der Waals surface area (Å²) in [5.74, 6) is 0.494. The van der Waals surface area contributed by atoms with Crippen molar-refractivity contribution in [3.63, 3.8) is 0 Å². The van der Waals surface area contributed by atoms with E-state index in [-0.39, 0.29) is 5.41 Å². The van der Waals surface area contributed by atoms with Gasteiger partial charge in [0.15, 0.2) is 5.84 Å². The van der Waals surface area contributed by atoms with Crippen LogP contribution in [0, 0.1) is 0 Å². The number of rotatable bonds is 3. The van der Waals surface area contributed by atoms with Crippen LogP contribution in [0.25, 0.3) is 22.3 Å². The van der Waals surface area contributed by atoms with Crippen LogP contribution < -0.4 is 0 Å². The molecule has 1 heterocycles. The van der Waals surface area contributed by atoms with Crippen molar-refractivity contribution in [2.24, 2.45) is 9.36 Å². The molecule has 5 aromatic carbocycles. The molecule has 0 saturated heterocycles. The normalized spacial score (nSPS) is 18.5. The zero-order valence-electron chi connectivity index (χ0n) is 21.3. The van der Waals surface area contributed by atoms with Crippen molar-refractivity contribution in [1.82, 2.24) is 0 Å². The molecule has 2 aliphatic rings. The molecule has 0 N–H and O–H groups in total. The smallest absolute Gasteiger partial charge is 0.170 e. The molecule has 0 fully saturated rings. The van der Waals surface area contributed by atoms with Crippen molar-refractivity contribution in [2.75, 3.05) is 0 Å². The molecule has 0 bridgehead atoms. The second-order valence-electron chi connectivity index (χ2n) is 10.3. The summed E-state index contributed by atoms with van der Waals surface area (Å²) in [7, 11) is -2.86. The van der Waals surface area contributed by atoms with E-state index in [0.29, 0.717) is 21.3 Å². The van der Waals surface area contributed by atoms with Gasteiger partial charge in [0, 0.05) is 11.0 Å². The third kappa shape index (κ3) is 3.41. The first-order valence-electron chi connectivity index (χ1n) is 12.8. The maximum Gasteiger partial charge on any atom is 0.170 e. The Hall–Kier alpha value is -4.28. The number of amidine groups is 1. The Labute approximate surface area is 223 Å². The molecule has 1 aliphatic carbocycles. The van der Waals surface area contributed by atoms with Crippen LogP contribution in [0.5, 0.6) is 0 Å². The molecular weight excluding hydrogens is 484 g/mol. The maximum atomic E-state index is 14.4. The highest BCUT2D eigenvalue weighted by atomic mass is 32.2. The summed E-state index contributed by atoms with van der Waals surface area (Å²) in [6, 6.07) is 40.8. The van der Waals surface area contributed by atoms with Gasteiger partial charge >= 0.3 is 0 Å². The zero-order chi connectivity index (χ0) is 25.9.